The van der Waals surface area contributed by atoms with E-state index in [1.54, 1.807) is 0 Å². The van der Waals surface area contributed by atoms with Crippen LogP contribution in [0.1, 0.15) is 6.42 Å². The van der Waals surface area contributed by atoms with Gasteiger partial charge in [-0.1, -0.05) is 0 Å². The zero-order chi connectivity index (χ0) is 17.8. The first-order valence-electron chi connectivity index (χ1n) is 7.20. The van der Waals surface area contributed by atoms with E-state index < -0.39 is 46.9 Å². The lowest BCUT2D eigenvalue weighted by Gasteiger charge is -2.18. The maximum atomic E-state index is 12.9. The van der Waals surface area contributed by atoms with Crippen LogP contribution in [-0.2, 0) is 14.6 Å². The van der Waals surface area contributed by atoms with Gasteiger partial charge in [0, 0.05) is 12.5 Å². The minimum Gasteiger partial charge on any atom is -0.486 e. The molecular weight excluding hydrogens is 382 g/mol. The molecule has 0 unspecified atom stereocenters. The molecule has 0 aliphatic carbocycles. The van der Waals surface area contributed by atoms with Crippen molar-refractivity contribution in [2.75, 3.05) is 32.1 Å². The molecule has 0 atom stereocenters. The van der Waals surface area contributed by atoms with E-state index >= 15 is 0 Å². The van der Waals surface area contributed by atoms with E-state index in [4.69, 9.17) is 15.2 Å². The molecule has 0 radical (unpaired) electrons. The second kappa shape index (κ2) is 8.63. The number of amides is 1. The number of carbonyl (C=O) groups excluding carboxylic acids is 1. The van der Waals surface area contributed by atoms with E-state index in [0.29, 0.717) is 24.7 Å². The highest BCUT2D eigenvalue weighted by molar-refractivity contribution is 7.91. The molecule has 0 spiro atoms. The Balaban J connectivity index is 0.00000312. The Morgan fingerprint density at radius 2 is 1.88 bits per heavy atom. The van der Waals surface area contributed by atoms with Gasteiger partial charge in [0.05, 0.1) is 23.7 Å². The molecule has 25 heavy (non-hydrogen) atoms. The summed E-state index contributed by atoms with van der Waals surface area (Å²) in [5.41, 5.74) is 4.85. The highest BCUT2D eigenvalue weighted by Crippen LogP contribution is 2.32. The highest BCUT2D eigenvalue weighted by atomic mass is 35.5. The number of nitrogens with two attached hydrogens (primary N) is 1. The van der Waals surface area contributed by atoms with Crippen molar-refractivity contribution in [3.63, 3.8) is 0 Å². The molecule has 1 aromatic rings. The van der Waals surface area contributed by atoms with Gasteiger partial charge in [-0.25, -0.2) is 17.2 Å². The molecule has 0 bridgehead atoms. The lowest BCUT2D eigenvalue weighted by Crippen LogP contribution is -2.41. The van der Waals surface area contributed by atoms with Crippen molar-refractivity contribution in [1.29, 1.82) is 0 Å². The number of ether oxygens (including phenoxy) is 2. The number of nitrogens with one attached hydrogen (secondary N) is 1. The molecule has 2 rings (SSSR count). The average Bonchev–Trinajstić information content (AvgIpc) is 2.58. The summed E-state index contributed by atoms with van der Waals surface area (Å²) in [4.78, 5) is 11.5. The molecule has 0 saturated carbocycles. The predicted molar refractivity (Wildman–Crippen MR) is 88.4 cm³/mol. The van der Waals surface area contributed by atoms with Crippen LogP contribution < -0.4 is 20.5 Å². The maximum Gasteiger partial charge on any atom is 0.277 e. The van der Waals surface area contributed by atoms with Crippen LogP contribution in [0.5, 0.6) is 11.5 Å². The van der Waals surface area contributed by atoms with Gasteiger partial charge in [-0.15, -0.1) is 12.4 Å². The summed E-state index contributed by atoms with van der Waals surface area (Å²) in [7, 11) is -3.76. The molecule has 0 fully saturated rings. The molecule has 11 heteroatoms. The molecule has 1 aliphatic rings. The number of benzene rings is 1. The molecule has 142 valence electrons. The van der Waals surface area contributed by atoms with Crippen LogP contribution in [0, 0.1) is 0 Å². The fourth-order valence-corrected chi connectivity index (χ4v) is 3.20. The molecular formula is C14H19ClF2N2O5S. The van der Waals surface area contributed by atoms with Crippen molar-refractivity contribution in [1.82, 2.24) is 5.32 Å². The molecule has 1 aromatic carbocycles. The molecule has 1 amide bonds. The smallest absolute Gasteiger partial charge is 0.277 e. The van der Waals surface area contributed by atoms with Crippen LogP contribution in [0.2, 0.25) is 0 Å². The van der Waals surface area contributed by atoms with Crippen molar-refractivity contribution < 1.29 is 31.5 Å². The van der Waals surface area contributed by atoms with Gasteiger partial charge in [-0.05, 0) is 12.1 Å². The highest BCUT2D eigenvalue weighted by Gasteiger charge is 2.27. The van der Waals surface area contributed by atoms with Crippen molar-refractivity contribution in [3.8, 4) is 11.5 Å². The van der Waals surface area contributed by atoms with E-state index in [0.717, 1.165) is 0 Å². The Labute approximate surface area is 150 Å². The Hall–Kier alpha value is -1.65. The maximum absolute atomic E-state index is 12.9. The van der Waals surface area contributed by atoms with Gasteiger partial charge in [0.1, 0.15) is 13.2 Å². The summed E-state index contributed by atoms with van der Waals surface area (Å²) in [6, 6.07) is 4.15. The molecule has 0 saturated heterocycles. The van der Waals surface area contributed by atoms with Gasteiger partial charge in [-0.3, -0.25) is 4.79 Å². The fourth-order valence-electron chi connectivity index (χ4n) is 1.95. The number of hydrogen-bond acceptors (Lipinski definition) is 6. The third-order valence-electron chi connectivity index (χ3n) is 3.31. The second-order valence-corrected chi connectivity index (χ2v) is 7.32. The molecule has 3 N–H and O–H groups in total. The monoisotopic (exact) mass is 400 g/mol. The van der Waals surface area contributed by atoms with Crippen molar-refractivity contribution in [2.45, 2.75) is 17.2 Å². The van der Waals surface area contributed by atoms with Crippen molar-refractivity contribution in [2.24, 2.45) is 5.73 Å². The number of halogens is 3. The summed E-state index contributed by atoms with van der Waals surface area (Å²) < 4.78 is 60.9. The molecule has 1 heterocycles. The minimum atomic E-state index is -3.76. The fraction of sp³-hybridized carbons (Fsp3) is 0.500. The molecule has 0 aromatic heterocycles. The summed E-state index contributed by atoms with van der Waals surface area (Å²) in [5.74, 6) is -3.75. The average molecular weight is 401 g/mol. The van der Waals surface area contributed by atoms with Crippen LogP contribution in [0.4, 0.5) is 8.78 Å². The summed E-state index contributed by atoms with van der Waals surface area (Å²) in [5, 5.41) is 1.97. The van der Waals surface area contributed by atoms with E-state index in [-0.39, 0.29) is 17.3 Å². The number of fused-ring (bicyclic) bond motifs is 1. The van der Waals surface area contributed by atoms with Gasteiger partial charge in [0.2, 0.25) is 5.91 Å². The summed E-state index contributed by atoms with van der Waals surface area (Å²) in [6.07, 6.45) is -0.433. The Bertz CT molecular complexity index is 715. The molecule has 7 nitrogen and oxygen atoms in total. The second-order valence-electron chi connectivity index (χ2n) is 5.21. The number of rotatable bonds is 7. The Morgan fingerprint density at radius 1 is 1.24 bits per heavy atom. The van der Waals surface area contributed by atoms with E-state index in [9.17, 15) is 22.0 Å². The zero-order valence-electron chi connectivity index (χ0n) is 13.2. The number of carbonyl (C=O) groups is 1. The number of alkyl halides is 2. The third-order valence-corrected chi connectivity index (χ3v) is 5.03. The van der Waals surface area contributed by atoms with Gasteiger partial charge < -0.3 is 20.5 Å². The molecule has 1 aliphatic heterocycles. The van der Waals surface area contributed by atoms with Crippen molar-refractivity contribution >= 4 is 28.2 Å². The van der Waals surface area contributed by atoms with Gasteiger partial charge in [0.25, 0.3) is 5.92 Å². The lowest BCUT2D eigenvalue weighted by atomic mass is 10.3. The van der Waals surface area contributed by atoms with Gasteiger partial charge >= 0.3 is 0 Å². The van der Waals surface area contributed by atoms with Crippen LogP contribution in [-0.4, -0.2) is 52.3 Å². The van der Waals surface area contributed by atoms with Crippen LogP contribution in [0.15, 0.2) is 23.1 Å². The van der Waals surface area contributed by atoms with E-state index in [2.05, 4.69) is 0 Å². The lowest BCUT2D eigenvalue weighted by molar-refractivity contribution is -0.122. The Morgan fingerprint density at radius 3 is 2.52 bits per heavy atom. The standard InChI is InChI=1S/C14H18F2N2O5S.ClH/c15-14(16,8-17)9-18-13(19)3-6-24(20,21)10-1-2-11-12(7-10)23-5-4-22-11;/h1-2,7H,3-6,8-9,17H2,(H,18,19);1H. The number of hydrogen-bond donors (Lipinski definition) is 2. The Kier molecular flexibility index (Phi) is 7.39. The van der Waals surface area contributed by atoms with Gasteiger partial charge in [0.15, 0.2) is 21.3 Å². The minimum absolute atomic E-state index is 0. The van der Waals surface area contributed by atoms with Crippen LogP contribution in [0.3, 0.4) is 0 Å². The predicted octanol–water partition coefficient (Wildman–Crippen LogP) is 0.754. The third kappa shape index (κ3) is 5.98. The van der Waals surface area contributed by atoms with Gasteiger partial charge in [-0.2, -0.15) is 0 Å². The summed E-state index contributed by atoms with van der Waals surface area (Å²) in [6.45, 7) is -1.13. The number of sulfone groups is 1. The van der Waals surface area contributed by atoms with Crippen LogP contribution in [0.25, 0.3) is 0 Å². The first-order chi connectivity index (χ1) is 11.2. The van der Waals surface area contributed by atoms with E-state index in [1.807, 2.05) is 5.32 Å². The van der Waals surface area contributed by atoms with Crippen LogP contribution >= 0.6 is 12.4 Å². The topological polar surface area (TPSA) is 108 Å². The quantitative estimate of drug-likeness (QED) is 0.699. The first-order valence-corrected chi connectivity index (χ1v) is 8.86. The first kappa shape index (κ1) is 21.4. The SMILES string of the molecule is Cl.NCC(F)(F)CNC(=O)CCS(=O)(=O)c1ccc2c(c1)OCCO2. The zero-order valence-corrected chi connectivity index (χ0v) is 14.8. The largest absolute Gasteiger partial charge is 0.486 e. The van der Waals surface area contributed by atoms with Crippen molar-refractivity contribution in [3.05, 3.63) is 18.2 Å². The summed E-state index contributed by atoms with van der Waals surface area (Å²) >= 11 is 0. The normalized spacial score (nSPS) is 13.7. The van der Waals surface area contributed by atoms with E-state index in [1.165, 1.54) is 18.2 Å².